The molecule has 0 spiro atoms. The molecule has 46 heavy (non-hydrogen) atoms. The Kier molecular flexibility index (Phi) is 8.81. The fourth-order valence-corrected chi connectivity index (χ4v) is 7.10. The second kappa shape index (κ2) is 12.5. The Morgan fingerprint density at radius 1 is 0.978 bits per heavy atom. The number of carbonyl (C=O) groups is 1. The summed E-state index contributed by atoms with van der Waals surface area (Å²) in [4.78, 5) is 22.7. The van der Waals surface area contributed by atoms with Crippen molar-refractivity contribution in [2.24, 2.45) is 5.41 Å². The Morgan fingerprint density at radius 2 is 1.70 bits per heavy atom. The topological polar surface area (TPSA) is 84.4 Å². The molecule has 6 rings (SSSR count). The van der Waals surface area contributed by atoms with Gasteiger partial charge in [-0.1, -0.05) is 38.1 Å². The number of hydrogen-bond acceptors (Lipinski definition) is 7. The van der Waals surface area contributed by atoms with Crippen LogP contribution in [0.15, 0.2) is 36.4 Å². The zero-order chi connectivity index (χ0) is 32.8. The minimum Gasteiger partial charge on any atom is -0.486 e. The van der Waals surface area contributed by atoms with Gasteiger partial charge in [-0.3, -0.25) is 9.88 Å². The standard InChI is InChI=1S/C38H49N3O5/c1-24-32(34(41-16-13-38(6,7)14-17-41)33(25(2)39-24)35(36(42)43)46-37(3,4)5)28-9-10-29-23-40(15-12-27(29)21-28)22-26-8-11-30-31(20-26)45-19-18-44-30/h8-11,20-21,35H,12-19,22-23H2,1-7H3,(H,42,43)/t35-/m0/s1. The highest BCUT2D eigenvalue weighted by atomic mass is 16.6. The first-order valence-electron chi connectivity index (χ1n) is 16.7. The van der Waals surface area contributed by atoms with Crippen molar-refractivity contribution in [2.75, 3.05) is 37.7 Å². The van der Waals surface area contributed by atoms with Crippen molar-refractivity contribution < 1.29 is 24.1 Å². The Bertz CT molecular complexity index is 1620. The number of ether oxygens (including phenoxy) is 3. The van der Waals surface area contributed by atoms with E-state index in [2.05, 4.69) is 60.9 Å². The van der Waals surface area contributed by atoms with E-state index < -0.39 is 17.7 Å². The van der Waals surface area contributed by atoms with E-state index in [0.29, 0.717) is 24.5 Å². The maximum atomic E-state index is 12.8. The summed E-state index contributed by atoms with van der Waals surface area (Å²) >= 11 is 0. The highest BCUT2D eigenvalue weighted by molar-refractivity contribution is 5.88. The van der Waals surface area contributed by atoms with Crippen molar-refractivity contribution in [1.29, 1.82) is 0 Å². The van der Waals surface area contributed by atoms with Crippen molar-refractivity contribution in [3.05, 3.63) is 70.0 Å². The highest BCUT2D eigenvalue weighted by Crippen LogP contribution is 2.45. The Hall–Kier alpha value is -3.62. The summed E-state index contributed by atoms with van der Waals surface area (Å²) in [5, 5.41) is 10.5. The molecule has 3 aromatic rings. The van der Waals surface area contributed by atoms with E-state index in [-0.39, 0.29) is 5.41 Å². The van der Waals surface area contributed by atoms with Crippen molar-refractivity contribution >= 4 is 11.7 Å². The number of carboxylic acids is 1. The minimum absolute atomic E-state index is 0.250. The number of hydrogen-bond donors (Lipinski definition) is 1. The molecule has 4 heterocycles. The van der Waals surface area contributed by atoms with E-state index in [0.717, 1.165) is 86.0 Å². The molecule has 0 aliphatic carbocycles. The molecule has 3 aliphatic heterocycles. The van der Waals surface area contributed by atoms with Crippen LogP contribution in [0, 0.1) is 19.3 Å². The van der Waals surface area contributed by atoms with E-state index in [1.54, 1.807) is 0 Å². The number of aliphatic carboxylic acids is 1. The van der Waals surface area contributed by atoms with Gasteiger partial charge in [0.1, 0.15) is 13.2 Å². The third-order valence-electron chi connectivity index (χ3n) is 9.57. The predicted molar refractivity (Wildman–Crippen MR) is 181 cm³/mol. The zero-order valence-corrected chi connectivity index (χ0v) is 28.5. The van der Waals surface area contributed by atoms with Gasteiger partial charge in [0.25, 0.3) is 0 Å². The summed E-state index contributed by atoms with van der Waals surface area (Å²) in [6.07, 6.45) is 1.89. The van der Waals surface area contributed by atoms with E-state index in [4.69, 9.17) is 19.2 Å². The monoisotopic (exact) mass is 627 g/mol. The number of anilines is 1. The molecule has 1 saturated heterocycles. The van der Waals surface area contributed by atoms with Crippen LogP contribution in [0.5, 0.6) is 11.5 Å². The molecule has 1 fully saturated rings. The van der Waals surface area contributed by atoms with Crippen LogP contribution < -0.4 is 14.4 Å². The lowest BCUT2D eigenvalue weighted by molar-refractivity contribution is -0.160. The molecule has 1 N–H and O–H groups in total. The fraction of sp³-hybridized carbons (Fsp3) is 0.526. The van der Waals surface area contributed by atoms with Crippen molar-refractivity contribution in [2.45, 2.75) is 92.5 Å². The van der Waals surface area contributed by atoms with Gasteiger partial charge in [-0.2, -0.15) is 0 Å². The molecule has 2 aromatic carbocycles. The first kappa shape index (κ1) is 32.3. The summed E-state index contributed by atoms with van der Waals surface area (Å²) in [6, 6.07) is 13.0. The van der Waals surface area contributed by atoms with Gasteiger partial charge in [-0.15, -0.1) is 0 Å². The number of aryl methyl sites for hydroxylation is 2. The average molecular weight is 628 g/mol. The maximum absolute atomic E-state index is 12.8. The Labute approximate surface area is 273 Å². The van der Waals surface area contributed by atoms with E-state index in [1.165, 1.54) is 16.7 Å². The molecule has 0 unspecified atom stereocenters. The van der Waals surface area contributed by atoms with Crippen LogP contribution >= 0.6 is 0 Å². The third-order valence-corrected chi connectivity index (χ3v) is 9.57. The summed E-state index contributed by atoms with van der Waals surface area (Å²) in [7, 11) is 0. The lowest BCUT2D eigenvalue weighted by Crippen LogP contribution is -2.39. The zero-order valence-electron chi connectivity index (χ0n) is 28.5. The van der Waals surface area contributed by atoms with Gasteiger partial charge < -0.3 is 24.2 Å². The predicted octanol–water partition coefficient (Wildman–Crippen LogP) is 7.26. The summed E-state index contributed by atoms with van der Waals surface area (Å²) < 4.78 is 17.8. The molecule has 3 aliphatic rings. The van der Waals surface area contributed by atoms with Gasteiger partial charge in [-0.05, 0) is 93.7 Å². The van der Waals surface area contributed by atoms with Gasteiger partial charge in [0.05, 0.1) is 11.3 Å². The normalized spacial score (nSPS) is 18.6. The number of carboxylic acid groups (broad SMARTS) is 1. The van der Waals surface area contributed by atoms with Crippen molar-refractivity contribution in [3.63, 3.8) is 0 Å². The summed E-state index contributed by atoms with van der Waals surface area (Å²) in [5.74, 6) is 0.665. The number of fused-ring (bicyclic) bond motifs is 2. The van der Waals surface area contributed by atoms with Crippen molar-refractivity contribution in [1.82, 2.24) is 9.88 Å². The van der Waals surface area contributed by atoms with E-state index >= 15 is 0 Å². The number of benzene rings is 2. The third kappa shape index (κ3) is 6.88. The van der Waals surface area contributed by atoms with Crippen LogP contribution in [0.2, 0.25) is 0 Å². The van der Waals surface area contributed by atoms with E-state index in [1.807, 2.05) is 33.8 Å². The molecule has 0 saturated carbocycles. The van der Waals surface area contributed by atoms with Crippen LogP contribution in [0.25, 0.3) is 11.1 Å². The van der Waals surface area contributed by atoms with Crippen LogP contribution in [-0.2, 0) is 29.0 Å². The molecule has 1 atom stereocenters. The number of piperidine rings is 1. The maximum Gasteiger partial charge on any atom is 0.337 e. The minimum atomic E-state index is -1.12. The van der Waals surface area contributed by atoms with Gasteiger partial charge in [0.15, 0.2) is 17.6 Å². The number of nitrogens with zero attached hydrogens (tertiary/aromatic N) is 3. The molecule has 0 radical (unpaired) electrons. The van der Waals surface area contributed by atoms with Gasteiger partial charge in [0.2, 0.25) is 0 Å². The largest absolute Gasteiger partial charge is 0.486 e. The first-order chi connectivity index (χ1) is 21.8. The Balaban J connectivity index is 1.35. The highest BCUT2D eigenvalue weighted by Gasteiger charge is 2.36. The molecule has 8 heteroatoms. The number of aromatic nitrogens is 1. The van der Waals surface area contributed by atoms with Gasteiger partial charge in [-0.25, -0.2) is 4.79 Å². The SMILES string of the molecule is Cc1nc(C)c([C@H](OC(C)(C)C)C(=O)O)c(N2CCC(C)(C)CC2)c1-c1ccc2c(c1)CCN(Cc1ccc3c(c1)OCCO3)C2. The van der Waals surface area contributed by atoms with Crippen LogP contribution in [0.1, 0.15) is 87.2 Å². The molecule has 1 aromatic heterocycles. The smallest absolute Gasteiger partial charge is 0.337 e. The summed E-state index contributed by atoms with van der Waals surface area (Å²) in [6.45, 7) is 19.9. The molecular formula is C38H49N3O5. The average Bonchev–Trinajstić information content (AvgIpc) is 2.99. The first-order valence-corrected chi connectivity index (χ1v) is 16.7. The van der Waals surface area contributed by atoms with Crippen LogP contribution in [0.3, 0.4) is 0 Å². The number of pyridine rings is 1. The quantitative estimate of drug-likeness (QED) is 0.293. The second-order valence-corrected chi connectivity index (χ2v) is 14.9. The Morgan fingerprint density at radius 3 is 2.39 bits per heavy atom. The molecule has 0 amide bonds. The molecular weight excluding hydrogens is 578 g/mol. The lowest BCUT2D eigenvalue weighted by atomic mass is 9.81. The molecule has 8 nitrogen and oxygen atoms in total. The molecule has 0 bridgehead atoms. The second-order valence-electron chi connectivity index (χ2n) is 14.9. The van der Waals surface area contributed by atoms with Gasteiger partial charge in [0, 0.05) is 55.2 Å². The van der Waals surface area contributed by atoms with Gasteiger partial charge >= 0.3 is 5.97 Å². The number of rotatable bonds is 7. The van der Waals surface area contributed by atoms with Crippen molar-refractivity contribution in [3.8, 4) is 22.6 Å². The van der Waals surface area contributed by atoms with E-state index in [9.17, 15) is 9.90 Å². The van der Waals surface area contributed by atoms with Crippen LogP contribution in [-0.4, -0.2) is 59.4 Å². The fourth-order valence-electron chi connectivity index (χ4n) is 7.10. The molecule has 246 valence electrons. The summed E-state index contributed by atoms with van der Waals surface area (Å²) in [5.41, 5.74) is 8.87. The lowest BCUT2D eigenvalue weighted by Gasteiger charge is -2.41. The van der Waals surface area contributed by atoms with Crippen LogP contribution in [0.4, 0.5) is 5.69 Å².